The van der Waals surface area contributed by atoms with Gasteiger partial charge in [0.1, 0.15) is 6.61 Å². The first-order chi connectivity index (χ1) is 7.75. The molecule has 4 heteroatoms. The molecule has 1 atom stereocenters. The van der Waals surface area contributed by atoms with Crippen LogP contribution in [-0.4, -0.2) is 24.3 Å². The van der Waals surface area contributed by atoms with Crippen LogP contribution >= 0.6 is 15.9 Å². The Morgan fingerprint density at radius 2 is 2.38 bits per heavy atom. The lowest BCUT2D eigenvalue weighted by molar-refractivity contribution is -0.0119. The minimum Gasteiger partial charge on any atom is -0.475 e. The predicted molar refractivity (Wildman–Crippen MR) is 65.8 cm³/mol. The normalized spacial score (nSPS) is 20.8. The molecule has 0 spiro atoms. The Bertz CT molecular complexity index is 351. The molecule has 1 fully saturated rings. The number of halogens is 1. The highest BCUT2D eigenvalue weighted by molar-refractivity contribution is 9.10. The van der Waals surface area contributed by atoms with Gasteiger partial charge in [-0.3, -0.25) is 0 Å². The standard InChI is InChI=1S/C12H16BrNO2/c1-9-11(13)5-6-12(14-9)16-8-10-4-2-3-7-15-10/h5-6,10H,2-4,7-8H2,1H3. The largest absolute Gasteiger partial charge is 0.475 e. The third kappa shape index (κ3) is 3.19. The predicted octanol–water partition coefficient (Wildman–Crippen LogP) is 3.10. The fourth-order valence-electron chi connectivity index (χ4n) is 1.72. The smallest absolute Gasteiger partial charge is 0.213 e. The van der Waals surface area contributed by atoms with Crippen LogP contribution in [0.1, 0.15) is 25.0 Å². The number of rotatable bonds is 3. The Morgan fingerprint density at radius 1 is 1.50 bits per heavy atom. The van der Waals surface area contributed by atoms with Crippen molar-refractivity contribution in [3.8, 4) is 5.88 Å². The third-order valence-electron chi connectivity index (χ3n) is 2.69. The van der Waals surface area contributed by atoms with Crippen LogP contribution in [0.25, 0.3) is 0 Å². The van der Waals surface area contributed by atoms with Gasteiger partial charge in [-0.1, -0.05) is 0 Å². The lowest BCUT2D eigenvalue weighted by atomic mass is 10.1. The van der Waals surface area contributed by atoms with Crippen LogP contribution in [0.2, 0.25) is 0 Å². The topological polar surface area (TPSA) is 31.4 Å². The SMILES string of the molecule is Cc1nc(OCC2CCCCO2)ccc1Br. The Morgan fingerprint density at radius 3 is 3.06 bits per heavy atom. The molecule has 0 saturated carbocycles. The zero-order valence-electron chi connectivity index (χ0n) is 9.41. The first-order valence-electron chi connectivity index (χ1n) is 5.63. The van der Waals surface area contributed by atoms with Gasteiger partial charge in [-0.2, -0.15) is 0 Å². The van der Waals surface area contributed by atoms with E-state index in [4.69, 9.17) is 9.47 Å². The van der Waals surface area contributed by atoms with E-state index in [1.165, 1.54) is 12.8 Å². The second-order valence-electron chi connectivity index (χ2n) is 4.02. The molecular weight excluding hydrogens is 270 g/mol. The van der Waals surface area contributed by atoms with E-state index in [1.807, 2.05) is 19.1 Å². The highest BCUT2D eigenvalue weighted by Gasteiger charge is 2.14. The Labute approximate surface area is 104 Å². The summed E-state index contributed by atoms with van der Waals surface area (Å²) >= 11 is 3.41. The second kappa shape index (κ2) is 5.64. The molecule has 3 nitrogen and oxygen atoms in total. The van der Waals surface area contributed by atoms with Crippen LogP contribution in [0, 0.1) is 6.92 Å². The van der Waals surface area contributed by atoms with Crippen molar-refractivity contribution in [1.29, 1.82) is 0 Å². The molecule has 1 aliphatic rings. The van der Waals surface area contributed by atoms with Crippen molar-refractivity contribution in [2.24, 2.45) is 0 Å². The molecule has 1 aromatic rings. The minimum absolute atomic E-state index is 0.236. The van der Waals surface area contributed by atoms with E-state index in [2.05, 4.69) is 20.9 Å². The van der Waals surface area contributed by atoms with E-state index in [0.717, 1.165) is 23.2 Å². The molecule has 2 rings (SSSR count). The lowest BCUT2D eigenvalue weighted by Gasteiger charge is -2.22. The van der Waals surface area contributed by atoms with Crippen LogP contribution in [0.4, 0.5) is 0 Å². The molecule has 1 aromatic heterocycles. The zero-order valence-corrected chi connectivity index (χ0v) is 11.0. The van der Waals surface area contributed by atoms with Crippen LogP contribution in [0.15, 0.2) is 16.6 Å². The van der Waals surface area contributed by atoms with E-state index in [-0.39, 0.29) is 6.10 Å². The summed E-state index contributed by atoms with van der Waals surface area (Å²) in [7, 11) is 0. The maximum Gasteiger partial charge on any atom is 0.213 e. The second-order valence-corrected chi connectivity index (χ2v) is 4.87. The lowest BCUT2D eigenvalue weighted by Crippen LogP contribution is -2.26. The summed E-state index contributed by atoms with van der Waals surface area (Å²) in [6.45, 7) is 3.42. The van der Waals surface area contributed by atoms with Gasteiger partial charge in [-0.05, 0) is 48.2 Å². The molecule has 0 amide bonds. The number of pyridine rings is 1. The summed E-state index contributed by atoms with van der Waals surface area (Å²) in [6, 6.07) is 3.83. The number of ether oxygens (including phenoxy) is 2. The van der Waals surface area contributed by atoms with Crippen molar-refractivity contribution in [1.82, 2.24) is 4.98 Å². The summed E-state index contributed by atoms with van der Waals surface area (Å²) in [4.78, 5) is 4.33. The van der Waals surface area contributed by atoms with E-state index in [1.54, 1.807) is 0 Å². The van der Waals surface area contributed by atoms with Crippen LogP contribution < -0.4 is 4.74 Å². The Hall–Kier alpha value is -0.610. The molecule has 1 saturated heterocycles. The van der Waals surface area contributed by atoms with Gasteiger partial charge in [0.05, 0.1) is 11.8 Å². The minimum atomic E-state index is 0.236. The first kappa shape index (κ1) is 11.9. The van der Waals surface area contributed by atoms with E-state index >= 15 is 0 Å². The molecule has 16 heavy (non-hydrogen) atoms. The van der Waals surface area contributed by atoms with Crippen molar-refractivity contribution in [3.05, 3.63) is 22.3 Å². The van der Waals surface area contributed by atoms with E-state index < -0.39 is 0 Å². The van der Waals surface area contributed by atoms with Crippen molar-refractivity contribution in [2.75, 3.05) is 13.2 Å². The van der Waals surface area contributed by atoms with Gasteiger partial charge in [0.15, 0.2) is 0 Å². The maximum atomic E-state index is 5.62. The molecule has 0 aliphatic carbocycles. The zero-order chi connectivity index (χ0) is 11.4. The third-order valence-corrected chi connectivity index (χ3v) is 3.53. The molecule has 0 N–H and O–H groups in total. The summed E-state index contributed by atoms with van der Waals surface area (Å²) in [5.74, 6) is 0.676. The molecule has 0 aromatic carbocycles. The van der Waals surface area contributed by atoms with Crippen molar-refractivity contribution in [3.63, 3.8) is 0 Å². The van der Waals surface area contributed by atoms with Crippen LogP contribution in [0.5, 0.6) is 5.88 Å². The number of hydrogen-bond donors (Lipinski definition) is 0. The average molecular weight is 286 g/mol. The van der Waals surface area contributed by atoms with Crippen molar-refractivity contribution in [2.45, 2.75) is 32.3 Å². The summed E-state index contributed by atoms with van der Waals surface area (Å²) in [5.41, 5.74) is 0.946. The van der Waals surface area contributed by atoms with Gasteiger partial charge in [0, 0.05) is 17.1 Å². The van der Waals surface area contributed by atoms with Gasteiger partial charge < -0.3 is 9.47 Å². The highest BCUT2D eigenvalue weighted by Crippen LogP contribution is 2.19. The number of nitrogens with zero attached hydrogens (tertiary/aromatic N) is 1. The van der Waals surface area contributed by atoms with Crippen molar-refractivity contribution < 1.29 is 9.47 Å². The number of aryl methyl sites for hydroxylation is 1. The molecule has 1 unspecified atom stereocenters. The average Bonchev–Trinajstić information content (AvgIpc) is 2.32. The number of hydrogen-bond acceptors (Lipinski definition) is 3. The molecule has 0 radical (unpaired) electrons. The fraction of sp³-hybridized carbons (Fsp3) is 0.583. The quantitative estimate of drug-likeness (QED) is 0.855. The summed E-state index contributed by atoms with van der Waals surface area (Å²) < 4.78 is 12.2. The van der Waals surface area contributed by atoms with E-state index in [0.29, 0.717) is 12.5 Å². The molecule has 2 heterocycles. The fourth-order valence-corrected chi connectivity index (χ4v) is 1.94. The molecule has 1 aliphatic heterocycles. The van der Waals surface area contributed by atoms with Crippen LogP contribution in [0.3, 0.4) is 0 Å². The number of aromatic nitrogens is 1. The van der Waals surface area contributed by atoms with Gasteiger partial charge in [0.2, 0.25) is 5.88 Å². The van der Waals surface area contributed by atoms with Gasteiger partial charge in [0.25, 0.3) is 0 Å². The molecule has 88 valence electrons. The monoisotopic (exact) mass is 285 g/mol. The van der Waals surface area contributed by atoms with Crippen LogP contribution in [-0.2, 0) is 4.74 Å². The summed E-state index contributed by atoms with van der Waals surface area (Å²) in [6.07, 6.45) is 3.74. The van der Waals surface area contributed by atoms with Gasteiger partial charge >= 0.3 is 0 Å². The van der Waals surface area contributed by atoms with Crippen molar-refractivity contribution >= 4 is 15.9 Å². The maximum absolute atomic E-state index is 5.62. The Balaban J connectivity index is 1.86. The molecular formula is C12H16BrNO2. The Kier molecular flexibility index (Phi) is 4.18. The summed E-state index contributed by atoms with van der Waals surface area (Å²) in [5, 5.41) is 0. The van der Waals surface area contributed by atoms with Gasteiger partial charge in [-0.25, -0.2) is 4.98 Å². The first-order valence-corrected chi connectivity index (χ1v) is 6.42. The molecule has 0 bridgehead atoms. The van der Waals surface area contributed by atoms with E-state index in [9.17, 15) is 0 Å². The van der Waals surface area contributed by atoms with Gasteiger partial charge in [-0.15, -0.1) is 0 Å². The highest BCUT2D eigenvalue weighted by atomic mass is 79.9.